The summed E-state index contributed by atoms with van der Waals surface area (Å²) in [5.41, 5.74) is 3.15. The number of fused-ring (bicyclic) bond motifs is 1. The van der Waals surface area contributed by atoms with E-state index in [2.05, 4.69) is 36.9 Å². The number of thioether (sulfide) groups is 1. The normalized spacial score (nSPS) is 16.1. The van der Waals surface area contributed by atoms with Gasteiger partial charge in [0.15, 0.2) is 0 Å². The highest BCUT2D eigenvalue weighted by Crippen LogP contribution is 2.36. The van der Waals surface area contributed by atoms with Crippen LogP contribution < -0.4 is 15.5 Å². The van der Waals surface area contributed by atoms with Crippen molar-refractivity contribution >= 4 is 29.3 Å². The van der Waals surface area contributed by atoms with E-state index >= 15 is 0 Å². The van der Waals surface area contributed by atoms with E-state index in [1.807, 2.05) is 36.4 Å². The Balaban J connectivity index is 1.51. The van der Waals surface area contributed by atoms with E-state index in [9.17, 15) is 9.59 Å². The minimum absolute atomic E-state index is 0.112. The molecule has 3 N–H and O–H groups in total. The van der Waals surface area contributed by atoms with Gasteiger partial charge in [0.1, 0.15) is 6.54 Å². The second kappa shape index (κ2) is 8.38. The molecule has 2 aromatic rings. The summed E-state index contributed by atoms with van der Waals surface area (Å²) >= 11 is 1.45. The Labute approximate surface area is 158 Å². The van der Waals surface area contributed by atoms with Crippen molar-refractivity contribution in [3.63, 3.8) is 0 Å². The summed E-state index contributed by atoms with van der Waals surface area (Å²) in [6.45, 7) is 1.45. The Hall–Kier alpha value is -2.31. The first kappa shape index (κ1) is 18.5. The molecule has 26 heavy (non-hydrogen) atoms. The van der Waals surface area contributed by atoms with Crippen molar-refractivity contribution in [2.45, 2.75) is 29.7 Å². The third-order valence-electron chi connectivity index (χ3n) is 4.15. The van der Waals surface area contributed by atoms with Crippen molar-refractivity contribution in [3.05, 3.63) is 59.7 Å². The lowest BCUT2D eigenvalue weighted by Gasteiger charge is -2.23. The van der Waals surface area contributed by atoms with Crippen LogP contribution in [0.4, 0.5) is 5.69 Å². The third-order valence-corrected chi connectivity index (χ3v) is 5.42. The number of benzene rings is 2. The van der Waals surface area contributed by atoms with Gasteiger partial charge in [0.25, 0.3) is 0 Å². The average Bonchev–Trinajstić information content (AvgIpc) is 2.61. The van der Waals surface area contributed by atoms with E-state index in [4.69, 9.17) is 0 Å². The maximum Gasteiger partial charge on any atom is 0.238 e. The van der Waals surface area contributed by atoms with Crippen molar-refractivity contribution in [3.8, 4) is 0 Å². The van der Waals surface area contributed by atoms with Crippen molar-refractivity contribution < 1.29 is 14.5 Å². The second-order valence-corrected chi connectivity index (χ2v) is 8.02. The number of para-hydroxylation sites is 1. The molecule has 2 aromatic carbocycles. The Morgan fingerprint density at radius 1 is 1.12 bits per heavy atom. The van der Waals surface area contributed by atoms with E-state index < -0.39 is 5.25 Å². The molecule has 1 atom stereocenters. The van der Waals surface area contributed by atoms with Crippen LogP contribution in [0.1, 0.15) is 17.5 Å². The van der Waals surface area contributed by atoms with Gasteiger partial charge in [-0.1, -0.05) is 36.4 Å². The molecule has 1 aliphatic heterocycles. The van der Waals surface area contributed by atoms with Crippen LogP contribution in [0.15, 0.2) is 53.4 Å². The third kappa shape index (κ3) is 4.86. The summed E-state index contributed by atoms with van der Waals surface area (Å²) in [5.74, 6) is -0.224. The summed E-state index contributed by atoms with van der Waals surface area (Å²) in [4.78, 5) is 26.8. The molecule has 2 amide bonds. The molecule has 5 nitrogen and oxygen atoms in total. The van der Waals surface area contributed by atoms with Crippen molar-refractivity contribution in [1.82, 2.24) is 5.32 Å². The fourth-order valence-electron chi connectivity index (χ4n) is 2.85. The number of hydrogen-bond acceptors (Lipinski definition) is 3. The monoisotopic (exact) mass is 370 g/mol. The van der Waals surface area contributed by atoms with E-state index in [1.54, 1.807) is 0 Å². The molecular formula is C20H24N3O2S+. The number of anilines is 1. The van der Waals surface area contributed by atoms with Gasteiger partial charge in [0.05, 0.1) is 25.0 Å². The average molecular weight is 370 g/mol. The number of nitrogens with one attached hydrogen (secondary N) is 3. The summed E-state index contributed by atoms with van der Waals surface area (Å²) in [7, 11) is 4.23. The van der Waals surface area contributed by atoms with Gasteiger partial charge in [-0.2, -0.15) is 0 Å². The summed E-state index contributed by atoms with van der Waals surface area (Å²) in [6.07, 6.45) is 0.174. The molecule has 0 aromatic heterocycles. The molecule has 3 rings (SSSR count). The Morgan fingerprint density at radius 2 is 1.81 bits per heavy atom. The van der Waals surface area contributed by atoms with Gasteiger partial charge in [-0.25, -0.2) is 0 Å². The quantitative estimate of drug-likeness (QED) is 0.721. The first-order valence-corrected chi connectivity index (χ1v) is 9.59. The smallest absolute Gasteiger partial charge is 0.238 e. The van der Waals surface area contributed by atoms with E-state index in [1.165, 1.54) is 22.2 Å². The van der Waals surface area contributed by atoms with Gasteiger partial charge in [-0.15, -0.1) is 11.8 Å². The molecule has 0 radical (unpaired) electrons. The molecule has 0 aliphatic carbocycles. The molecule has 0 bridgehead atoms. The molecule has 0 spiro atoms. The first-order valence-electron chi connectivity index (χ1n) is 8.71. The molecule has 0 unspecified atom stereocenters. The molecule has 136 valence electrons. The second-order valence-electron chi connectivity index (χ2n) is 6.77. The Bertz CT molecular complexity index is 790. The highest BCUT2D eigenvalue weighted by molar-refractivity contribution is 8.01. The minimum atomic E-state index is -0.393. The van der Waals surface area contributed by atoms with Gasteiger partial charge >= 0.3 is 0 Å². The lowest BCUT2D eigenvalue weighted by atomic mass is 10.1. The molecule has 6 heteroatoms. The van der Waals surface area contributed by atoms with Crippen LogP contribution in [0, 0.1) is 0 Å². The Kier molecular flexibility index (Phi) is 5.96. The van der Waals surface area contributed by atoms with Gasteiger partial charge in [0, 0.05) is 23.4 Å². The number of carbonyl (C=O) groups is 2. The van der Waals surface area contributed by atoms with Crippen molar-refractivity contribution in [2.75, 3.05) is 19.4 Å². The maximum absolute atomic E-state index is 12.2. The predicted molar refractivity (Wildman–Crippen MR) is 104 cm³/mol. The van der Waals surface area contributed by atoms with Crippen LogP contribution in [0.2, 0.25) is 0 Å². The van der Waals surface area contributed by atoms with Crippen LogP contribution >= 0.6 is 11.8 Å². The lowest BCUT2D eigenvalue weighted by Crippen LogP contribution is -3.04. The van der Waals surface area contributed by atoms with Crippen LogP contribution in [-0.2, 0) is 22.7 Å². The SMILES string of the molecule is C[NH+](C)Cc1ccc(CNC(=O)C[C@@H]2Sc3ccccc3NC2=O)cc1. The highest BCUT2D eigenvalue weighted by atomic mass is 32.2. The zero-order chi connectivity index (χ0) is 18.5. The first-order chi connectivity index (χ1) is 12.5. The predicted octanol–water partition coefficient (Wildman–Crippen LogP) is 1.45. The largest absolute Gasteiger partial charge is 0.352 e. The number of amides is 2. The van der Waals surface area contributed by atoms with E-state index in [-0.39, 0.29) is 18.2 Å². The number of carbonyl (C=O) groups excluding carboxylic acids is 2. The van der Waals surface area contributed by atoms with E-state index in [0.29, 0.717) is 6.54 Å². The van der Waals surface area contributed by atoms with Gasteiger partial charge < -0.3 is 15.5 Å². The summed E-state index contributed by atoms with van der Waals surface area (Å²) < 4.78 is 0. The van der Waals surface area contributed by atoms with Gasteiger partial charge in [0.2, 0.25) is 11.8 Å². The Morgan fingerprint density at radius 3 is 2.54 bits per heavy atom. The molecular weight excluding hydrogens is 346 g/mol. The fraction of sp³-hybridized carbons (Fsp3) is 0.300. The van der Waals surface area contributed by atoms with Crippen LogP contribution in [-0.4, -0.2) is 31.2 Å². The maximum atomic E-state index is 12.2. The van der Waals surface area contributed by atoms with Crippen LogP contribution in [0.5, 0.6) is 0 Å². The van der Waals surface area contributed by atoms with Crippen LogP contribution in [0.25, 0.3) is 0 Å². The van der Waals surface area contributed by atoms with E-state index in [0.717, 1.165) is 22.7 Å². The fourth-order valence-corrected chi connectivity index (χ4v) is 3.96. The summed E-state index contributed by atoms with van der Waals surface area (Å²) in [6, 6.07) is 15.9. The molecule has 1 heterocycles. The minimum Gasteiger partial charge on any atom is -0.352 e. The number of rotatable bonds is 6. The molecule has 0 fully saturated rings. The lowest BCUT2D eigenvalue weighted by molar-refractivity contribution is -0.872. The highest BCUT2D eigenvalue weighted by Gasteiger charge is 2.28. The zero-order valence-electron chi connectivity index (χ0n) is 15.0. The standard InChI is InChI=1S/C20H23N3O2S/c1-23(2)13-15-9-7-14(8-10-15)12-21-19(24)11-18-20(25)22-16-5-3-4-6-17(16)26-18/h3-10,18H,11-13H2,1-2H3,(H,21,24)(H,22,25)/p+1/t18-/m0/s1. The number of quaternary nitrogens is 1. The molecule has 0 saturated heterocycles. The zero-order valence-corrected chi connectivity index (χ0v) is 15.9. The van der Waals surface area contributed by atoms with Crippen LogP contribution in [0.3, 0.4) is 0 Å². The van der Waals surface area contributed by atoms with Gasteiger partial charge in [-0.05, 0) is 17.7 Å². The molecule has 0 saturated carbocycles. The van der Waals surface area contributed by atoms with Gasteiger partial charge in [-0.3, -0.25) is 9.59 Å². The van der Waals surface area contributed by atoms with Crippen molar-refractivity contribution in [1.29, 1.82) is 0 Å². The topological polar surface area (TPSA) is 62.6 Å². The number of hydrogen-bond donors (Lipinski definition) is 3. The van der Waals surface area contributed by atoms with Crippen molar-refractivity contribution in [2.24, 2.45) is 0 Å². The summed E-state index contributed by atoms with van der Waals surface area (Å²) in [5, 5.41) is 5.39. The molecule has 1 aliphatic rings.